The molecule has 1 aromatic rings. The second kappa shape index (κ2) is 4.69. The first-order valence-electron chi connectivity index (χ1n) is 6.64. The maximum Gasteiger partial charge on any atom is 0.203 e. The van der Waals surface area contributed by atoms with Gasteiger partial charge < -0.3 is 14.6 Å². The number of anilines is 1. The lowest BCUT2D eigenvalue weighted by Crippen LogP contribution is -2.19. The van der Waals surface area contributed by atoms with Gasteiger partial charge in [0.05, 0.1) is 6.61 Å². The fraction of sp³-hybridized carbons (Fsp3) is 0.769. The Bertz CT molecular complexity index is 376. The molecule has 2 bridgehead atoms. The van der Waals surface area contributed by atoms with E-state index in [4.69, 9.17) is 4.74 Å². The van der Waals surface area contributed by atoms with Crippen molar-refractivity contribution in [3.05, 3.63) is 12.4 Å². The summed E-state index contributed by atoms with van der Waals surface area (Å²) in [5.41, 5.74) is 0. The average molecular weight is 235 g/mol. The summed E-state index contributed by atoms with van der Waals surface area (Å²) in [5.74, 6) is 2.87. The Morgan fingerprint density at radius 1 is 1.47 bits per heavy atom. The van der Waals surface area contributed by atoms with E-state index in [-0.39, 0.29) is 0 Å². The third-order valence-corrected chi connectivity index (χ3v) is 4.32. The van der Waals surface area contributed by atoms with Gasteiger partial charge in [-0.2, -0.15) is 0 Å². The van der Waals surface area contributed by atoms with E-state index in [0.29, 0.717) is 6.04 Å². The molecular formula is C13H21N3O. The van der Waals surface area contributed by atoms with Gasteiger partial charge in [-0.25, -0.2) is 4.98 Å². The molecule has 1 N–H and O–H groups in total. The van der Waals surface area contributed by atoms with Crippen molar-refractivity contribution in [2.45, 2.75) is 31.7 Å². The van der Waals surface area contributed by atoms with Crippen molar-refractivity contribution < 1.29 is 4.74 Å². The van der Waals surface area contributed by atoms with Crippen LogP contribution in [0.2, 0.25) is 0 Å². The molecule has 17 heavy (non-hydrogen) atoms. The van der Waals surface area contributed by atoms with E-state index in [2.05, 4.69) is 21.1 Å². The highest BCUT2D eigenvalue weighted by Gasteiger charge is 2.40. The van der Waals surface area contributed by atoms with Crippen molar-refractivity contribution in [3.63, 3.8) is 0 Å². The van der Waals surface area contributed by atoms with Crippen LogP contribution in [0.3, 0.4) is 0 Å². The van der Waals surface area contributed by atoms with Crippen LogP contribution < -0.4 is 5.32 Å². The van der Waals surface area contributed by atoms with Crippen LogP contribution in [0.5, 0.6) is 0 Å². The zero-order chi connectivity index (χ0) is 11.7. The lowest BCUT2D eigenvalue weighted by atomic mass is 9.95. The highest BCUT2D eigenvalue weighted by molar-refractivity contribution is 5.27. The minimum absolute atomic E-state index is 0.682. The van der Waals surface area contributed by atoms with Gasteiger partial charge in [0, 0.05) is 32.1 Å². The van der Waals surface area contributed by atoms with Crippen LogP contribution in [0.15, 0.2) is 12.4 Å². The van der Waals surface area contributed by atoms with E-state index in [1.807, 2.05) is 6.20 Å². The van der Waals surface area contributed by atoms with Crippen molar-refractivity contribution in [1.82, 2.24) is 9.55 Å². The summed E-state index contributed by atoms with van der Waals surface area (Å²) in [6.45, 7) is 1.55. The van der Waals surface area contributed by atoms with Gasteiger partial charge in [-0.1, -0.05) is 6.42 Å². The Kier molecular flexibility index (Phi) is 3.05. The van der Waals surface area contributed by atoms with Crippen LogP contribution >= 0.6 is 0 Å². The summed E-state index contributed by atoms with van der Waals surface area (Å²) in [6.07, 6.45) is 9.66. The third-order valence-electron chi connectivity index (χ3n) is 4.32. The molecule has 2 saturated carbocycles. The number of fused-ring (bicyclic) bond motifs is 2. The molecule has 0 amide bonds. The first-order valence-corrected chi connectivity index (χ1v) is 6.64. The zero-order valence-electron chi connectivity index (χ0n) is 10.4. The van der Waals surface area contributed by atoms with Gasteiger partial charge in [0.15, 0.2) is 0 Å². The molecule has 2 fully saturated rings. The molecule has 3 unspecified atom stereocenters. The summed E-state index contributed by atoms with van der Waals surface area (Å²) in [6, 6.07) is 0.682. The number of nitrogens with one attached hydrogen (secondary N) is 1. The lowest BCUT2D eigenvalue weighted by Gasteiger charge is -2.24. The molecular weight excluding hydrogens is 214 g/mol. The molecule has 2 aliphatic carbocycles. The number of rotatable bonds is 5. The monoisotopic (exact) mass is 235 g/mol. The molecule has 0 aliphatic heterocycles. The van der Waals surface area contributed by atoms with Gasteiger partial charge in [0.1, 0.15) is 0 Å². The molecule has 1 aromatic heterocycles. The summed E-state index contributed by atoms with van der Waals surface area (Å²) in [4.78, 5) is 4.41. The zero-order valence-corrected chi connectivity index (χ0v) is 10.4. The fourth-order valence-electron chi connectivity index (χ4n) is 3.53. The van der Waals surface area contributed by atoms with E-state index in [9.17, 15) is 0 Å². The van der Waals surface area contributed by atoms with Gasteiger partial charge in [0.25, 0.3) is 0 Å². The van der Waals surface area contributed by atoms with E-state index < -0.39 is 0 Å². The van der Waals surface area contributed by atoms with Crippen molar-refractivity contribution in [2.75, 3.05) is 25.6 Å². The number of nitrogens with zero attached hydrogens (tertiary/aromatic N) is 2. The summed E-state index contributed by atoms with van der Waals surface area (Å²) in [7, 11) is 1.73. The lowest BCUT2D eigenvalue weighted by molar-refractivity contribution is 0.210. The summed E-state index contributed by atoms with van der Waals surface area (Å²) >= 11 is 0. The Morgan fingerprint density at radius 3 is 3.12 bits per heavy atom. The van der Waals surface area contributed by atoms with Crippen LogP contribution in [-0.4, -0.2) is 29.8 Å². The SMILES string of the molecule is COCCNc1nccn1C1CC2CCC1C2. The Labute approximate surface area is 102 Å². The second-order valence-electron chi connectivity index (χ2n) is 5.32. The normalized spacial score (nSPS) is 31.0. The molecule has 3 atom stereocenters. The van der Waals surface area contributed by atoms with Crippen molar-refractivity contribution in [3.8, 4) is 0 Å². The number of hydrogen-bond donors (Lipinski definition) is 1. The highest BCUT2D eigenvalue weighted by Crippen LogP contribution is 2.51. The topological polar surface area (TPSA) is 39.1 Å². The molecule has 1 heterocycles. The number of aromatic nitrogens is 2. The third kappa shape index (κ3) is 2.06. The molecule has 0 saturated heterocycles. The van der Waals surface area contributed by atoms with Crippen molar-refractivity contribution in [2.24, 2.45) is 11.8 Å². The van der Waals surface area contributed by atoms with Gasteiger partial charge in [0.2, 0.25) is 5.95 Å². The molecule has 94 valence electrons. The Morgan fingerprint density at radius 2 is 2.41 bits per heavy atom. The molecule has 2 aliphatic rings. The van der Waals surface area contributed by atoms with E-state index >= 15 is 0 Å². The largest absolute Gasteiger partial charge is 0.383 e. The standard InChI is InChI=1S/C13H21N3O/c1-17-7-5-15-13-14-4-6-16(13)12-9-10-2-3-11(12)8-10/h4,6,10-12H,2-3,5,7-9H2,1H3,(H,14,15). The smallest absolute Gasteiger partial charge is 0.203 e. The maximum absolute atomic E-state index is 5.06. The molecule has 4 nitrogen and oxygen atoms in total. The number of hydrogen-bond acceptors (Lipinski definition) is 3. The number of imidazole rings is 1. The van der Waals surface area contributed by atoms with Crippen LogP contribution in [0.25, 0.3) is 0 Å². The van der Waals surface area contributed by atoms with Crippen LogP contribution in [0.1, 0.15) is 31.7 Å². The van der Waals surface area contributed by atoms with E-state index in [0.717, 1.165) is 30.9 Å². The van der Waals surface area contributed by atoms with Crippen LogP contribution in [0.4, 0.5) is 5.95 Å². The van der Waals surface area contributed by atoms with Crippen molar-refractivity contribution in [1.29, 1.82) is 0 Å². The maximum atomic E-state index is 5.06. The highest BCUT2D eigenvalue weighted by atomic mass is 16.5. The van der Waals surface area contributed by atoms with Crippen LogP contribution in [-0.2, 0) is 4.74 Å². The minimum Gasteiger partial charge on any atom is -0.383 e. The molecule has 4 heteroatoms. The first kappa shape index (κ1) is 11.1. The van der Waals surface area contributed by atoms with E-state index in [1.54, 1.807) is 7.11 Å². The number of ether oxygens (including phenoxy) is 1. The molecule has 0 radical (unpaired) electrons. The predicted molar refractivity (Wildman–Crippen MR) is 67.1 cm³/mol. The second-order valence-corrected chi connectivity index (χ2v) is 5.32. The fourth-order valence-corrected chi connectivity index (χ4v) is 3.53. The van der Waals surface area contributed by atoms with Gasteiger partial charge in [-0.15, -0.1) is 0 Å². The average Bonchev–Trinajstić information content (AvgIpc) is 3.04. The quantitative estimate of drug-likeness (QED) is 0.796. The minimum atomic E-state index is 0.682. The molecule has 3 rings (SSSR count). The summed E-state index contributed by atoms with van der Waals surface area (Å²) < 4.78 is 7.40. The molecule has 0 aromatic carbocycles. The van der Waals surface area contributed by atoms with Crippen LogP contribution in [0, 0.1) is 11.8 Å². The Hall–Kier alpha value is -1.03. The first-order chi connectivity index (χ1) is 8.38. The predicted octanol–water partition coefficient (Wildman–Crippen LogP) is 2.30. The summed E-state index contributed by atoms with van der Waals surface area (Å²) in [5, 5.41) is 3.36. The Balaban J connectivity index is 1.68. The number of methoxy groups -OCH3 is 1. The van der Waals surface area contributed by atoms with Gasteiger partial charge in [-0.05, 0) is 31.1 Å². The van der Waals surface area contributed by atoms with Gasteiger partial charge in [-0.3, -0.25) is 0 Å². The van der Waals surface area contributed by atoms with E-state index in [1.165, 1.54) is 25.7 Å². The molecule has 0 spiro atoms. The van der Waals surface area contributed by atoms with Gasteiger partial charge >= 0.3 is 0 Å². The van der Waals surface area contributed by atoms with Crippen molar-refractivity contribution >= 4 is 5.95 Å².